The van der Waals surface area contributed by atoms with Crippen LogP contribution in [0.4, 0.5) is 0 Å². The zero-order valence-electron chi connectivity index (χ0n) is 15.3. The monoisotopic (exact) mass is 394 g/mol. The number of nitrogens with one attached hydrogen (secondary N) is 1. The van der Waals surface area contributed by atoms with Gasteiger partial charge in [-0.1, -0.05) is 11.6 Å². The lowest BCUT2D eigenvalue weighted by Crippen LogP contribution is -2.40. The van der Waals surface area contributed by atoms with Gasteiger partial charge in [0.05, 0.1) is 37.1 Å². The van der Waals surface area contributed by atoms with Gasteiger partial charge in [0.1, 0.15) is 5.56 Å². The number of carbonyl (C=O) groups excluding carboxylic acids is 1. The van der Waals surface area contributed by atoms with Crippen molar-refractivity contribution in [3.05, 3.63) is 40.8 Å². The van der Waals surface area contributed by atoms with Gasteiger partial charge in [0.25, 0.3) is 5.91 Å². The number of amides is 1. The summed E-state index contributed by atoms with van der Waals surface area (Å²) in [6.45, 7) is 0.988. The van der Waals surface area contributed by atoms with E-state index in [2.05, 4.69) is 15.4 Å². The van der Waals surface area contributed by atoms with Gasteiger partial charge in [-0.05, 0) is 30.4 Å². The average Bonchev–Trinajstić information content (AvgIpc) is 3.20. The zero-order valence-corrected chi connectivity index (χ0v) is 16.0. The summed E-state index contributed by atoms with van der Waals surface area (Å²) in [6.07, 6.45) is 5.55. The predicted octanol–water partition coefficient (Wildman–Crippen LogP) is 1.66. The van der Waals surface area contributed by atoms with Crippen LogP contribution in [0, 0.1) is 5.92 Å². The highest BCUT2D eigenvalue weighted by Crippen LogP contribution is 2.28. The topological polar surface area (TPSA) is 98.5 Å². The van der Waals surface area contributed by atoms with E-state index in [-0.39, 0.29) is 23.7 Å². The Labute approximate surface area is 162 Å². The van der Waals surface area contributed by atoms with Crippen molar-refractivity contribution in [2.45, 2.75) is 38.1 Å². The second-order valence-electron chi connectivity index (χ2n) is 6.70. The normalized spacial score (nSPS) is 22.0. The van der Waals surface area contributed by atoms with Gasteiger partial charge in [0.15, 0.2) is 0 Å². The van der Waals surface area contributed by atoms with Gasteiger partial charge in [-0.2, -0.15) is 5.10 Å². The minimum atomic E-state index is -0.619. The maximum absolute atomic E-state index is 12.7. The third-order valence-corrected chi connectivity index (χ3v) is 4.84. The van der Waals surface area contributed by atoms with Gasteiger partial charge in [0.2, 0.25) is 5.88 Å². The highest BCUT2D eigenvalue weighted by molar-refractivity contribution is 6.30. The molecule has 1 amide bonds. The summed E-state index contributed by atoms with van der Waals surface area (Å²) < 4.78 is 12.0. The van der Waals surface area contributed by atoms with Gasteiger partial charge in [0, 0.05) is 26.0 Å². The first kappa shape index (κ1) is 19.6. The van der Waals surface area contributed by atoms with Crippen LogP contribution in [0.3, 0.4) is 0 Å². The largest absolute Gasteiger partial charge is 0.480 e. The molecule has 1 unspecified atom stereocenters. The lowest BCUT2D eigenvalue weighted by Gasteiger charge is -2.17. The molecule has 0 aromatic carbocycles. The van der Waals surface area contributed by atoms with Gasteiger partial charge in [-0.25, -0.2) is 4.98 Å². The molecule has 3 rings (SSSR count). The van der Waals surface area contributed by atoms with Gasteiger partial charge < -0.3 is 19.9 Å². The Balaban J connectivity index is 1.66. The molecule has 1 saturated carbocycles. The minimum Gasteiger partial charge on any atom is -0.480 e. The summed E-state index contributed by atoms with van der Waals surface area (Å²) in [7, 11) is 3.04. The molecule has 2 heterocycles. The molecule has 2 aromatic rings. The van der Waals surface area contributed by atoms with E-state index in [4.69, 9.17) is 21.1 Å². The molecule has 1 aliphatic rings. The number of nitrogens with zero attached hydrogens (tertiary/aromatic N) is 3. The van der Waals surface area contributed by atoms with E-state index < -0.39 is 6.10 Å². The molecule has 2 N–H and O–H groups in total. The van der Waals surface area contributed by atoms with Crippen LogP contribution in [0.15, 0.2) is 24.7 Å². The summed E-state index contributed by atoms with van der Waals surface area (Å²) in [5, 5.41) is 18.0. The minimum absolute atomic E-state index is 0.195. The molecule has 2 aromatic heterocycles. The van der Waals surface area contributed by atoms with Crippen LogP contribution in [0.1, 0.15) is 28.8 Å². The van der Waals surface area contributed by atoms with Crippen molar-refractivity contribution in [2.24, 2.45) is 5.92 Å². The molecular formula is C18H23ClN4O4. The van der Waals surface area contributed by atoms with E-state index in [1.165, 1.54) is 7.11 Å². The fraction of sp³-hybridized carbons (Fsp3) is 0.500. The Morgan fingerprint density at radius 2 is 2.22 bits per heavy atom. The molecule has 1 aliphatic carbocycles. The smallest absolute Gasteiger partial charge is 0.257 e. The van der Waals surface area contributed by atoms with Crippen LogP contribution in [0.2, 0.25) is 5.02 Å². The molecule has 146 valence electrons. The molecule has 0 aliphatic heterocycles. The maximum atomic E-state index is 12.7. The number of aromatic nitrogens is 3. The number of halogens is 1. The Bertz CT molecular complexity index is 797. The fourth-order valence-electron chi connectivity index (χ4n) is 3.44. The van der Waals surface area contributed by atoms with E-state index in [0.29, 0.717) is 36.6 Å². The Morgan fingerprint density at radius 3 is 2.89 bits per heavy atom. The zero-order chi connectivity index (χ0) is 19.4. The molecule has 27 heavy (non-hydrogen) atoms. The predicted molar refractivity (Wildman–Crippen MR) is 98.7 cm³/mol. The first-order chi connectivity index (χ1) is 13.0. The van der Waals surface area contributed by atoms with Gasteiger partial charge in [-0.3, -0.25) is 9.48 Å². The number of carbonyl (C=O) groups is 1. The van der Waals surface area contributed by atoms with Crippen LogP contribution in [0.25, 0.3) is 0 Å². The van der Waals surface area contributed by atoms with E-state index in [1.54, 1.807) is 36.4 Å². The first-order valence-electron chi connectivity index (χ1n) is 8.69. The number of hydrogen-bond donors (Lipinski definition) is 2. The second kappa shape index (κ2) is 8.69. The molecule has 0 bridgehead atoms. The van der Waals surface area contributed by atoms with Crippen LogP contribution in [-0.2, 0) is 17.9 Å². The lowest BCUT2D eigenvalue weighted by atomic mass is 10.1. The van der Waals surface area contributed by atoms with Crippen LogP contribution in [-0.4, -0.2) is 52.1 Å². The molecule has 1 fully saturated rings. The van der Waals surface area contributed by atoms with Gasteiger partial charge >= 0.3 is 0 Å². The van der Waals surface area contributed by atoms with Crippen LogP contribution in [0.5, 0.6) is 5.88 Å². The number of pyridine rings is 1. The van der Waals surface area contributed by atoms with E-state index in [0.717, 1.165) is 5.56 Å². The van der Waals surface area contributed by atoms with Crippen molar-refractivity contribution in [1.29, 1.82) is 0 Å². The highest BCUT2D eigenvalue weighted by Gasteiger charge is 2.35. The number of hydrogen-bond acceptors (Lipinski definition) is 6. The van der Waals surface area contributed by atoms with E-state index >= 15 is 0 Å². The van der Waals surface area contributed by atoms with E-state index in [9.17, 15) is 9.90 Å². The second-order valence-corrected chi connectivity index (χ2v) is 7.14. The third kappa shape index (κ3) is 4.77. The molecule has 0 spiro atoms. The molecule has 0 saturated heterocycles. The molecule has 3 atom stereocenters. The number of aliphatic hydroxyl groups is 1. The number of methoxy groups -OCH3 is 2. The molecule has 0 radical (unpaired) electrons. The van der Waals surface area contributed by atoms with Crippen molar-refractivity contribution in [3.63, 3.8) is 0 Å². The van der Waals surface area contributed by atoms with Gasteiger partial charge in [-0.15, -0.1) is 0 Å². The Kier molecular flexibility index (Phi) is 6.30. The van der Waals surface area contributed by atoms with Crippen LogP contribution >= 0.6 is 11.6 Å². The summed E-state index contributed by atoms with van der Waals surface area (Å²) in [5.74, 6) is 0.104. The lowest BCUT2D eigenvalue weighted by molar-refractivity contribution is 0.0868. The molecule has 9 heteroatoms. The van der Waals surface area contributed by atoms with Crippen molar-refractivity contribution in [3.8, 4) is 5.88 Å². The quantitative estimate of drug-likeness (QED) is 0.741. The van der Waals surface area contributed by atoms with Crippen LogP contribution < -0.4 is 10.1 Å². The van der Waals surface area contributed by atoms with Crippen molar-refractivity contribution < 1.29 is 19.4 Å². The number of rotatable bonds is 7. The Morgan fingerprint density at radius 1 is 1.41 bits per heavy atom. The summed E-state index contributed by atoms with van der Waals surface area (Å²) >= 11 is 5.89. The number of ether oxygens (including phenoxy) is 2. The van der Waals surface area contributed by atoms with Crippen molar-refractivity contribution in [1.82, 2.24) is 20.1 Å². The number of aliphatic hydroxyl groups excluding tert-OH is 1. The summed E-state index contributed by atoms with van der Waals surface area (Å²) in [5.41, 5.74) is 1.09. The Hall–Kier alpha value is -2.16. The summed E-state index contributed by atoms with van der Waals surface area (Å²) in [6, 6.07) is 1.35. The molecular weight excluding hydrogens is 372 g/mol. The first-order valence-corrected chi connectivity index (χ1v) is 9.06. The van der Waals surface area contributed by atoms with Crippen molar-refractivity contribution in [2.75, 3.05) is 14.2 Å². The SMILES string of the molecule is COCc1cnc(OC)c(C(=O)N[C@@H]2CC(Cn3cc(Cl)cn3)C[C@H]2O)c1. The molecule has 8 nitrogen and oxygen atoms in total. The maximum Gasteiger partial charge on any atom is 0.257 e. The third-order valence-electron chi connectivity index (χ3n) is 4.65. The standard InChI is InChI=1S/C18H23ClN4O4/c1-26-10-12-3-14(18(27-2)20-6-12)17(25)22-15-4-11(5-16(15)24)8-23-9-13(19)7-21-23/h3,6-7,9,11,15-16,24H,4-5,8,10H2,1-2H3,(H,22,25)/t11?,15-,16-/m1/s1. The van der Waals surface area contributed by atoms with Crippen molar-refractivity contribution >= 4 is 17.5 Å². The van der Waals surface area contributed by atoms with E-state index in [1.807, 2.05) is 0 Å². The highest BCUT2D eigenvalue weighted by atomic mass is 35.5. The fourth-order valence-corrected chi connectivity index (χ4v) is 3.59. The average molecular weight is 395 g/mol. The summed E-state index contributed by atoms with van der Waals surface area (Å²) in [4.78, 5) is 16.9.